The van der Waals surface area contributed by atoms with Crippen molar-refractivity contribution in [2.75, 3.05) is 29.9 Å². The van der Waals surface area contributed by atoms with Gasteiger partial charge in [0, 0.05) is 31.0 Å². The summed E-state index contributed by atoms with van der Waals surface area (Å²) in [6.07, 6.45) is 2.03. The number of amides is 2. The molecule has 1 N–H and O–H groups in total. The van der Waals surface area contributed by atoms with Gasteiger partial charge in [0.1, 0.15) is 0 Å². The van der Waals surface area contributed by atoms with Crippen LogP contribution in [0.2, 0.25) is 0 Å². The monoisotopic (exact) mass is 321 g/mol. The summed E-state index contributed by atoms with van der Waals surface area (Å²) in [6, 6.07) is 17.1. The molecule has 0 radical (unpaired) electrons. The van der Waals surface area contributed by atoms with E-state index in [9.17, 15) is 4.79 Å². The Bertz CT molecular complexity index is 752. The molecule has 124 valence electrons. The molecule has 0 atom stereocenters. The van der Waals surface area contributed by atoms with Crippen LogP contribution in [0.4, 0.5) is 16.2 Å². The number of likely N-dealkylation sites (tertiary alicyclic amines) is 1. The van der Waals surface area contributed by atoms with Gasteiger partial charge in [-0.2, -0.15) is 0 Å². The van der Waals surface area contributed by atoms with Crippen LogP contribution >= 0.6 is 0 Å². The minimum Gasteiger partial charge on any atom is -0.364 e. The zero-order valence-corrected chi connectivity index (χ0v) is 14.0. The number of nitrogens with zero attached hydrogens (tertiary/aromatic N) is 2. The normalized spacial score (nSPS) is 16.7. The first-order chi connectivity index (χ1) is 11.8. The predicted molar refractivity (Wildman–Crippen MR) is 97.7 cm³/mol. The molecule has 2 aromatic carbocycles. The van der Waals surface area contributed by atoms with Crippen LogP contribution in [0.15, 0.2) is 48.5 Å². The maximum absolute atomic E-state index is 12.5. The first-order valence-electron chi connectivity index (χ1n) is 8.74. The van der Waals surface area contributed by atoms with Gasteiger partial charge in [0.05, 0.1) is 6.04 Å². The van der Waals surface area contributed by atoms with Crippen molar-refractivity contribution in [2.45, 2.75) is 25.8 Å². The molecule has 0 spiro atoms. The number of carbonyl (C=O) groups excluding carboxylic acids is 1. The van der Waals surface area contributed by atoms with Gasteiger partial charge in [-0.05, 0) is 36.1 Å². The van der Waals surface area contributed by atoms with Crippen LogP contribution in [-0.4, -0.2) is 36.6 Å². The molecule has 2 amide bonds. The van der Waals surface area contributed by atoms with Gasteiger partial charge >= 0.3 is 6.03 Å². The Labute approximate surface area is 143 Å². The number of rotatable bonds is 3. The van der Waals surface area contributed by atoms with Crippen LogP contribution < -0.4 is 10.2 Å². The topological polar surface area (TPSA) is 35.6 Å². The lowest BCUT2D eigenvalue weighted by Crippen LogP contribution is -2.61. The van der Waals surface area contributed by atoms with Gasteiger partial charge in [0.2, 0.25) is 0 Å². The SMILES string of the molecule is CCc1ccccc1NC(=O)N1CC(N2CCc3ccccc32)C1. The van der Waals surface area contributed by atoms with Crippen LogP contribution in [-0.2, 0) is 12.8 Å². The quantitative estimate of drug-likeness (QED) is 0.939. The Balaban J connectivity index is 1.37. The second-order valence-electron chi connectivity index (χ2n) is 6.57. The fraction of sp³-hybridized carbons (Fsp3) is 0.350. The summed E-state index contributed by atoms with van der Waals surface area (Å²) in [5, 5.41) is 3.06. The Morgan fingerprint density at radius 1 is 1.12 bits per heavy atom. The standard InChI is InChI=1S/C20H23N3O/c1-2-15-7-3-5-9-18(15)21-20(24)22-13-17(14-22)23-12-11-16-8-4-6-10-19(16)23/h3-10,17H,2,11-14H2,1H3,(H,21,24). The Hall–Kier alpha value is -2.49. The number of hydrogen-bond donors (Lipinski definition) is 1. The van der Waals surface area contributed by atoms with Crippen LogP contribution in [0.25, 0.3) is 0 Å². The van der Waals surface area contributed by atoms with Crippen LogP contribution in [0.1, 0.15) is 18.1 Å². The third-order valence-corrected chi connectivity index (χ3v) is 5.15. The molecule has 0 bridgehead atoms. The van der Waals surface area contributed by atoms with Crippen molar-refractivity contribution in [1.82, 2.24) is 4.90 Å². The summed E-state index contributed by atoms with van der Waals surface area (Å²) in [5.74, 6) is 0. The van der Waals surface area contributed by atoms with E-state index in [1.807, 2.05) is 23.1 Å². The lowest BCUT2D eigenvalue weighted by molar-refractivity contribution is 0.162. The van der Waals surface area contributed by atoms with Crippen molar-refractivity contribution in [3.8, 4) is 0 Å². The van der Waals surface area contributed by atoms with E-state index in [4.69, 9.17) is 0 Å². The largest absolute Gasteiger partial charge is 0.364 e. The minimum atomic E-state index is 0.0135. The maximum atomic E-state index is 12.5. The third kappa shape index (κ3) is 2.62. The van der Waals surface area contributed by atoms with Crippen molar-refractivity contribution >= 4 is 17.4 Å². The minimum absolute atomic E-state index is 0.0135. The maximum Gasteiger partial charge on any atom is 0.321 e. The average Bonchev–Trinajstić information content (AvgIpc) is 2.98. The smallest absolute Gasteiger partial charge is 0.321 e. The zero-order valence-electron chi connectivity index (χ0n) is 14.0. The highest BCUT2D eigenvalue weighted by Crippen LogP contribution is 2.32. The highest BCUT2D eigenvalue weighted by atomic mass is 16.2. The first kappa shape index (κ1) is 15.1. The summed E-state index contributed by atoms with van der Waals surface area (Å²) in [4.78, 5) is 16.8. The highest BCUT2D eigenvalue weighted by Gasteiger charge is 2.37. The number of carbonyl (C=O) groups is 1. The van der Waals surface area contributed by atoms with E-state index < -0.39 is 0 Å². The van der Waals surface area contributed by atoms with Crippen molar-refractivity contribution in [2.24, 2.45) is 0 Å². The van der Waals surface area contributed by atoms with Crippen LogP contribution in [0.3, 0.4) is 0 Å². The van der Waals surface area contributed by atoms with Crippen molar-refractivity contribution in [3.63, 3.8) is 0 Å². The number of nitrogens with one attached hydrogen (secondary N) is 1. The highest BCUT2D eigenvalue weighted by molar-refractivity contribution is 5.91. The number of hydrogen-bond acceptors (Lipinski definition) is 2. The second kappa shape index (κ2) is 6.19. The van der Waals surface area contributed by atoms with Gasteiger partial charge in [-0.3, -0.25) is 0 Å². The molecular weight excluding hydrogens is 298 g/mol. The zero-order chi connectivity index (χ0) is 16.5. The van der Waals surface area contributed by atoms with E-state index in [-0.39, 0.29) is 6.03 Å². The molecule has 4 nitrogen and oxygen atoms in total. The molecule has 0 aliphatic carbocycles. The van der Waals surface area contributed by atoms with Gasteiger partial charge < -0.3 is 15.1 Å². The number of aryl methyl sites for hydroxylation is 1. The fourth-order valence-corrected chi connectivity index (χ4v) is 3.71. The Morgan fingerprint density at radius 3 is 2.71 bits per heavy atom. The molecule has 1 fully saturated rings. The van der Waals surface area contributed by atoms with Crippen molar-refractivity contribution in [1.29, 1.82) is 0 Å². The number of urea groups is 1. The van der Waals surface area contributed by atoms with Gasteiger partial charge in [-0.1, -0.05) is 43.3 Å². The van der Waals surface area contributed by atoms with Crippen LogP contribution in [0, 0.1) is 0 Å². The lowest BCUT2D eigenvalue weighted by atomic mass is 10.1. The molecule has 0 unspecified atom stereocenters. The first-order valence-corrected chi connectivity index (χ1v) is 8.74. The summed E-state index contributed by atoms with van der Waals surface area (Å²) in [6.45, 7) is 4.77. The molecule has 2 heterocycles. The summed E-state index contributed by atoms with van der Waals surface area (Å²) >= 11 is 0. The van der Waals surface area contributed by atoms with Gasteiger partial charge in [0.25, 0.3) is 0 Å². The summed E-state index contributed by atoms with van der Waals surface area (Å²) in [7, 11) is 0. The van der Waals surface area contributed by atoms with E-state index in [1.165, 1.54) is 16.8 Å². The van der Waals surface area contributed by atoms with Gasteiger partial charge in [-0.15, -0.1) is 0 Å². The van der Waals surface area contributed by atoms with Gasteiger partial charge in [-0.25, -0.2) is 4.79 Å². The van der Waals surface area contributed by atoms with Crippen molar-refractivity contribution in [3.05, 3.63) is 59.7 Å². The molecule has 2 aromatic rings. The summed E-state index contributed by atoms with van der Waals surface area (Å²) in [5.41, 5.74) is 4.88. The molecule has 4 rings (SSSR count). The fourth-order valence-electron chi connectivity index (χ4n) is 3.71. The van der Waals surface area contributed by atoms with E-state index in [0.29, 0.717) is 6.04 Å². The molecular formula is C20H23N3O. The van der Waals surface area contributed by atoms with E-state index in [1.54, 1.807) is 0 Å². The number of benzene rings is 2. The molecule has 1 saturated heterocycles. The molecule has 0 aromatic heterocycles. The Morgan fingerprint density at radius 2 is 1.88 bits per heavy atom. The third-order valence-electron chi connectivity index (χ3n) is 5.15. The van der Waals surface area contributed by atoms with E-state index in [2.05, 4.69) is 47.5 Å². The van der Waals surface area contributed by atoms with Crippen LogP contribution in [0.5, 0.6) is 0 Å². The van der Waals surface area contributed by atoms with Gasteiger partial charge in [0.15, 0.2) is 0 Å². The second-order valence-corrected chi connectivity index (χ2v) is 6.57. The molecule has 2 aliphatic rings. The van der Waals surface area contributed by atoms with E-state index >= 15 is 0 Å². The Kier molecular flexibility index (Phi) is 3.89. The number of fused-ring (bicyclic) bond motifs is 1. The number of para-hydroxylation sites is 2. The van der Waals surface area contributed by atoms with E-state index in [0.717, 1.165) is 38.2 Å². The molecule has 0 saturated carbocycles. The molecule has 4 heteroatoms. The molecule has 24 heavy (non-hydrogen) atoms. The average molecular weight is 321 g/mol. The summed E-state index contributed by atoms with van der Waals surface area (Å²) < 4.78 is 0. The number of anilines is 2. The van der Waals surface area contributed by atoms with Crippen molar-refractivity contribution < 1.29 is 4.79 Å². The lowest BCUT2D eigenvalue weighted by Gasteiger charge is -2.45. The molecule has 2 aliphatic heterocycles. The predicted octanol–water partition coefficient (Wildman–Crippen LogP) is 3.53.